The van der Waals surface area contributed by atoms with Crippen molar-refractivity contribution >= 4 is 17.7 Å². The fraction of sp³-hybridized carbons (Fsp3) is 0.444. The predicted molar refractivity (Wildman–Crippen MR) is 138 cm³/mol. The smallest absolute Gasteiger partial charge is 0.255 e. The van der Waals surface area contributed by atoms with Crippen molar-refractivity contribution in [2.45, 2.75) is 49.7 Å². The van der Waals surface area contributed by atoms with Gasteiger partial charge in [-0.25, -0.2) is 0 Å². The van der Waals surface area contributed by atoms with Crippen molar-refractivity contribution in [3.63, 3.8) is 0 Å². The van der Waals surface area contributed by atoms with Gasteiger partial charge in [0.05, 0.1) is 25.8 Å². The molecule has 1 aliphatic carbocycles. The average Bonchev–Trinajstić information content (AvgIpc) is 3.27. The second kappa shape index (κ2) is 12.1. The van der Waals surface area contributed by atoms with E-state index in [0.29, 0.717) is 23.5 Å². The monoisotopic (exact) mass is 494 g/mol. The quantitative estimate of drug-likeness (QED) is 0.390. The molecule has 7 nitrogen and oxygen atoms in total. The molecule has 8 heteroatoms. The Morgan fingerprint density at radius 3 is 2.54 bits per heavy atom. The molecule has 0 bridgehead atoms. The number of aromatic nitrogens is 3. The van der Waals surface area contributed by atoms with Crippen LogP contribution in [-0.4, -0.2) is 40.6 Å². The molecule has 1 amide bonds. The van der Waals surface area contributed by atoms with Crippen LogP contribution >= 0.6 is 11.8 Å². The lowest BCUT2D eigenvalue weighted by Gasteiger charge is -2.21. The molecule has 1 heterocycles. The SMILES string of the molecule is COc1cccc(C(=O)N[C@@H](Cc2ccccc2)c2nnc(SCC3CCCCC3)n2C)c1OC. The zero-order valence-corrected chi connectivity index (χ0v) is 21.5. The Bertz CT molecular complexity index is 1110. The summed E-state index contributed by atoms with van der Waals surface area (Å²) < 4.78 is 12.9. The summed E-state index contributed by atoms with van der Waals surface area (Å²) in [5.74, 6) is 3.21. The molecule has 3 aromatic rings. The van der Waals surface area contributed by atoms with E-state index < -0.39 is 0 Å². The maximum atomic E-state index is 13.4. The van der Waals surface area contributed by atoms with Crippen LogP contribution in [0.5, 0.6) is 11.5 Å². The van der Waals surface area contributed by atoms with Gasteiger partial charge in [0, 0.05) is 12.8 Å². The summed E-state index contributed by atoms with van der Waals surface area (Å²) in [6, 6.07) is 15.0. The Morgan fingerprint density at radius 1 is 1.06 bits per heavy atom. The molecule has 1 fully saturated rings. The summed E-state index contributed by atoms with van der Waals surface area (Å²) in [7, 11) is 5.08. The van der Waals surface area contributed by atoms with Gasteiger partial charge in [0.15, 0.2) is 22.5 Å². The third-order valence-electron chi connectivity index (χ3n) is 6.59. The normalized spacial score (nSPS) is 14.9. The van der Waals surface area contributed by atoms with E-state index in [-0.39, 0.29) is 11.9 Å². The van der Waals surface area contributed by atoms with E-state index >= 15 is 0 Å². The minimum absolute atomic E-state index is 0.249. The van der Waals surface area contributed by atoms with Gasteiger partial charge in [-0.05, 0) is 42.9 Å². The summed E-state index contributed by atoms with van der Waals surface area (Å²) >= 11 is 1.76. The minimum atomic E-state index is -0.359. The molecule has 2 aromatic carbocycles. The average molecular weight is 495 g/mol. The van der Waals surface area contributed by atoms with Crippen LogP contribution in [0.3, 0.4) is 0 Å². The Labute approximate surface area is 211 Å². The second-order valence-electron chi connectivity index (χ2n) is 8.97. The number of hydrogen-bond acceptors (Lipinski definition) is 6. The minimum Gasteiger partial charge on any atom is -0.493 e. The van der Waals surface area contributed by atoms with Gasteiger partial charge in [0.1, 0.15) is 0 Å². The van der Waals surface area contributed by atoms with Crippen molar-refractivity contribution in [1.29, 1.82) is 0 Å². The zero-order valence-electron chi connectivity index (χ0n) is 20.7. The van der Waals surface area contributed by atoms with E-state index in [1.165, 1.54) is 39.2 Å². The topological polar surface area (TPSA) is 78.3 Å². The number of para-hydroxylation sites is 1. The highest BCUT2D eigenvalue weighted by molar-refractivity contribution is 7.99. The van der Waals surface area contributed by atoms with E-state index in [1.54, 1.807) is 37.1 Å². The highest BCUT2D eigenvalue weighted by Gasteiger charge is 2.25. The molecule has 35 heavy (non-hydrogen) atoms. The first-order chi connectivity index (χ1) is 17.1. The van der Waals surface area contributed by atoms with Gasteiger partial charge in [-0.3, -0.25) is 4.79 Å². The lowest BCUT2D eigenvalue weighted by molar-refractivity contribution is 0.0930. The van der Waals surface area contributed by atoms with Gasteiger partial charge in [-0.2, -0.15) is 0 Å². The number of nitrogens with one attached hydrogen (secondary N) is 1. The van der Waals surface area contributed by atoms with E-state index in [4.69, 9.17) is 9.47 Å². The van der Waals surface area contributed by atoms with Gasteiger partial charge in [-0.1, -0.05) is 67.4 Å². The predicted octanol–water partition coefficient (Wildman–Crippen LogP) is 5.22. The van der Waals surface area contributed by atoms with Crippen LogP contribution in [0.15, 0.2) is 53.7 Å². The van der Waals surface area contributed by atoms with E-state index in [1.807, 2.05) is 29.8 Å². The molecule has 4 rings (SSSR count). The molecule has 1 aromatic heterocycles. The van der Waals surface area contributed by atoms with Crippen LogP contribution in [0, 0.1) is 5.92 Å². The van der Waals surface area contributed by atoms with Gasteiger partial charge in [-0.15, -0.1) is 10.2 Å². The molecule has 1 N–H and O–H groups in total. The van der Waals surface area contributed by atoms with E-state index in [2.05, 4.69) is 27.6 Å². The van der Waals surface area contributed by atoms with Crippen LogP contribution in [0.1, 0.15) is 59.9 Å². The summed E-state index contributed by atoms with van der Waals surface area (Å²) in [5, 5.41) is 13.1. The summed E-state index contributed by atoms with van der Waals surface area (Å²) in [4.78, 5) is 13.4. The lowest BCUT2D eigenvalue weighted by atomic mass is 9.91. The molecule has 0 unspecified atom stereocenters. The van der Waals surface area contributed by atoms with Crippen molar-refractivity contribution in [3.8, 4) is 11.5 Å². The summed E-state index contributed by atoms with van der Waals surface area (Å²) in [6.45, 7) is 0. The Hall–Kier alpha value is -3.00. The second-order valence-corrected chi connectivity index (χ2v) is 9.96. The fourth-order valence-electron chi connectivity index (χ4n) is 4.66. The van der Waals surface area contributed by atoms with Crippen LogP contribution in [0.25, 0.3) is 0 Å². The zero-order chi connectivity index (χ0) is 24.6. The molecule has 1 saturated carbocycles. The fourth-order valence-corrected chi connectivity index (χ4v) is 5.76. The molecule has 0 saturated heterocycles. The van der Waals surface area contributed by atoms with Gasteiger partial charge in [0.2, 0.25) is 0 Å². The molecule has 0 aliphatic heterocycles. The third kappa shape index (κ3) is 6.17. The standard InChI is InChI=1S/C27H34N4O3S/c1-31-25(29-30-27(31)35-18-20-13-8-5-9-14-20)22(17-19-11-6-4-7-12-19)28-26(32)21-15-10-16-23(33-2)24(21)34-3/h4,6-7,10-12,15-16,20,22H,5,8-9,13-14,17-18H2,1-3H3,(H,28,32)/t22-/m0/s1. The van der Waals surface area contributed by atoms with Crippen LogP contribution in [-0.2, 0) is 13.5 Å². The summed E-state index contributed by atoms with van der Waals surface area (Å²) in [5.41, 5.74) is 1.52. The van der Waals surface area contributed by atoms with E-state index in [0.717, 1.165) is 28.2 Å². The first kappa shape index (κ1) is 25.1. The molecule has 0 spiro atoms. The number of nitrogens with zero attached hydrogens (tertiary/aromatic N) is 3. The van der Waals surface area contributed by atoms with Crippen molar-refractivity contribution < 1.29 is 14.3 Å². The number of methoxy groups -OCH3 is 2. The Morgan fingerprint density at radius 2 is 1.83 bits per heavy atom. The number of carbonyl (C=O) groups excluding carboxylic acids is 1. The number of benzene rings is 2. The molecule has 1 atom stereocenters. The first-order valence-corrected chi connectivity index (χ1v) is 13.2. The van der Waals surface area contributed by atoms with E-state index in [9.17, 15) is 4.79 Å². The summed E-state index contributed by atoms with van der Waals surface area (Å²) in [6.07, 6.45) is 7.20. The largest absolute Gasteiger partial charge is 0.493 e. The van der Waals surface area contributed by atoms with Crippen molar-refractivity contribution in [3.05, 3.63) is 65.5 Å². The van der Waals surface area contributed by atoms with Crippen molar-refractivity contribution in [2.75, 3.05) is 20.0 Å². The van der Waals surface area contributed by atoms with Gasteiger partial charge in [0.25, 0.3) is 5.91 Å². The van der Waals surface area contributed by atoms with Crippen LogP contribution in [0.2, 0.25) is 0 Å². The number of thioether (sulfide) groups is 1. The highest BCUT2D eigenvalue weighted by atomic mass is 32.2. The first-order valence-electron chi connectivity index (χ1n) is 12.2. The Kier molecular flexibility index (Phi) is 8.69. The third-order valence-corrected chi connectivity index (χ3v) is 7.84. The van der Waals surface area contributed by atoms with Crippen LogP contribution < -0.4 is 14.8 Å². The molecule has 0 radical (unpaired) electrons. The molecular weight excluding hydrogens is 460 g/mol. The molecular formula is C27H34N4O3S. The number of carbonyl (C=O) groups is 1. The number of amides is 1. The number of rotatable bonds is 10. The maximum absolute atomic E-state index is 13.4. The van der Waals surface area contributed by atoms with Crippen molar-refractivity contribution in [1.82, 2.24) is 20.1 Å². The lowest BCUT2D eigenvalue weighted by Crippen LogP contribution is -2.32. The molecule has 186 valence electrons. The van der Waals surface area contributed by atoms with Gasteiger partial charge < -0.3 is 19.4 Å². The number of ether oxygens (including phenoxy) is 2. The molecule has 1 aliphatic rings. The van der Waals surface area contributed by atoms with Gasteiger partial charge >= 0.3 is 0 Å². The Balaban J connectivity index is 1.57. The maximum Gasteiger partial charge on any atom is 0.255 e. The highest BCUT2D eigenvalue weighted by Crippen LogP contribution is 2.32. The number of hydrogen-bond donors (Lipinski definition) is 1. The van der Waals surface area contributed by atoms with Crippen LogP contribution in [0.4, 0.5) is 0 Å². The van der Waals surface area contributed by atoms with Crippen molar-refractivity contribution in [2.24, 2.45) is 13.0 Å².